The number of oxime groups is 1. The van der Waals surface area contributed by atoms with Crippen LogP contribution in [-0.4, -0.2) is 48.2 Å². The van der Waals surface area contributed by atoms with Crippen LogP contribution in [0.2, 0.25) is 0 Å². The Bertz CT molecular complexity index is 288. The molecule has 100 valence electrons. The number of nitrogens with zero attached hydrogens (tertiary/aromatic N) is 2. The predicted octanol–water partition coefficient (Wildman–Crippen LogP) is 0.642. The van der Waals surface area contributed by atoms with Gasteiger partial charge in [-0.1, -0.05) is 19.0 Å². The van der Waals surface area contributed by atoms with Crippen LogP contribution in [0.25, 0.3) is 0 Å². The van der Waals surface area contributed by atoms with Crippen molar-refractivity contribution >= 4 is 11.7 Å². The molecule has 0 heterocycles. The van der Waals surface area contributed by atoms with Gasteiger partial charge in [-0.05, 0) is 13.3 Å². The zero-order valence-electron chi connectivity index (χ0n) is 11.2. The van der Waals surface area contributed by atoms with E-state index in [-0.39, 0.29) is 17.7 Å². The summed E-state index contributed by atoms with van der Waals surface area (Å²) in [5.74, 6) is -0.202. The Morgan fingerprint density at radius 2 is 2.18 bits per heavy atom. The number of nitrogens with two attached hydrogens (primary N) is 1. The van der Waals surface area contributed by atoms with Crippen molar-refractivity contribution in [3.63, 3.8) is 0 Å². The first-order valence-corrected chi connectivity index (χ1v) is 5.60. The number of hydrogen-bond donors (Lipinski definition) is 2. The van der Waals surface area contributed by atoms with Gasteiger partial charge in [0.25, 0.3) is 5.91 Å². The SMILES string of the molecule is CCC(C)(OC)C(=O)N(C)CC(C)C(N)=NO. The van der Waals surface area contributed by atoms with Gasteiger partial charge in [-0.25, -0.2) is 0 Å². The van der Waals surface area contributed by atoms with Crippen LogP contribution >= 0.6 is 0 Å². The molecule has 0 rings (SSSR count). The second-order valence-electron chi connectivity index (χ2n) is 4.40. The molecule has 0 fully saturated rings. The molecule has 0 aliphatic carbocycles. The van der Waals surface area contributed by atoms with Gasteiger partial charge in [0.1, 0.15) is 11.4 Å². The van der Waals surface area contributed by atoms with Crippen molar-refractivity contribution < 1.29 is 14.7 Å². The van der Waals surface area contributed by atoms with Crippen molar-refractivity contribution in [2.24, 2.45) is 16.8 Å². The van der Waals surface area contributed by atoms with E-state index in [0.29, 0.717) is 13.0 Å². The van der Waals surface area contributed by atoms with Gasteiger partial charge in [0.05, 0.1) is 0 Å². The summed E-state index contributed by atoms with van der Waals surface area (Å²) in [6.07, 6.45) is 0.588. The minimum atomic E-state index is -0.820. The Labute approximate surface area is 102 Å². The van der Waals surface area contributed by atoms with E-state index in [1.54, 1.807) is 20.9 Å². The van der Waals surface area contributed by atoms with E-state index in [1.165, 1.54) is 12.0 Å². The molecule has 17 heavy (non-hydrogen) atoms. The van der Waals surface area contributed by atoms with E-state index in [2.05, 4.69) is 5.16 Å². The third kappa shape index (κ3) is 3.89. The number of rotatable bonds is 6. The Hall–Kier alpha value is -1.30. The average molecular weight is 245 g/mol. The van der Waals surface area contributed by atoms with E-state index in [4.69, 9.17) is 15.7 Å². The highest BCUT2D eigenvalue weighted by Gasteiger charge is 2.34. The number of amides is 1. The number of carbonyl (C=O) groups excluding carboxylic acids is 1. The van der Waals surface area contributed by atoms with Gasteiger partial charge in [0.15, 0.2) is 0 Å². The molecule has 0 aromatic carbocycles. The van der Waals surface area contributed by atoms with Crippen LogP contribution in [0.3, 0.4) is 0 Å². The fourth-order valence-corrected chi connectivity index (χ4v) is 1.47. The Morgan fingerprint density at radius 3 is 2.53 bits per heavy atom. The minimum Gasteiger partial charge on any atom is -0.409 e. The number of ether oxygens (including phenoxy) is 1. The van der Waals surface area contributed by atoms with Crippen LogP contribution in [0.5, 0.6) is 0 Å². The maximum atomic E-state index is 12.1. The van der Waals surface area contributed by atoms with Crippen molar-refractivity contribution in [2.75, 3.05) is 20.7 Å². The summed E-state index contributed by atoms with van der Waals surface area (Å²) >= 11 is 0. The molecule has 0 aromatic rings. The number of amidine groups is 1. The van der Waals surface area contributed by atoms with Crippen molar-refractivity contribution in [1.29, 1.82) is 0 Å². The van der Waals surface area contributed by atoms with E-state index in [1.807, 2.05) is 6.92 Å². The average Bonchev–Trinajstić information content (AvgIpc) is 2.35. The topological polar surface area (TPSA) is 88.2 Å². The quantitative estimate of drug-likeness (QED) is 0.311. The second kappa shape index (κ2) is 6.44. The molecule has 0 saturated carbocycles. The number of likely N-dealkylation sites (N-methyl/N-ethyl adjacent to an activating group) is 1. The van der Waals surface area contributed by atoms with Crippen LogP contribution in [0, 0.1) is 5.92 Å². The molecule has 0 spiro atoms. The lowest BCUT2D eigenvalue weighted by atomic mass is 10.0. The Balaban J connectivity index is 4.62. The molecule has 3 N–H and O–H groups in total. The molecule has 0 aliphatic rings. The zero-order valence-corrected chi connectivity index (χ0v) is 11.2. The zero-order chi connectivity index (χ0) is 13.6. The summed E-state index contributed by atoms with van der Waals surface area (Å²) in [4.78, 5) is 13.7. The highest BCUT2D eigenvalue weighted by molar-refractivity contribution is 5.86. The number of methoxy groups -OCH3 is 1. The van der Waals surface area contributed by atoms with Crippen LogP contribution in [-0.2, 0) is 9.53 Å². The normalized spacial score (nSPS) is 17.4. The summed E-state index contributed by atoms with van der Waals surface area (Å²) in [6.45, 7) is 5.81. The van der Waals surface area contributed by atoms with Gasteiger partial charge in [0, 0.05) is 26.6 Å². The van der Waals surface area contributed by atoms with Crippen LogP contribution in [0.15, 0.2) is 5.16 Å². The Morgan fingerprint density at radius 1 is 1.65 bits per heavy atom. The molecule has 0 radical (unpaired) electrons. The number of hydrogen-bond acceptors (Lipinski definition) is 4. The molecule has 2 atom stereocenters. The standard InChI is InChI=1S/C11H23N3O3/c1-6-11(3,17-5)10(15)14(4)7-8(2)9(12)13-16/h8,16H,6-7H2,1-5H3,(H2,12,13). The molecular weight excluding hydrogens is 222 g/mol. The fourth-order valence-electron chi connectivity index (χ4n) is 1.47. The second-order valence-corrected chi connectivity index (χ2v) is 4.40. The van der Waals surface area contributed by atoms with Crippen molar-refractivity contribution in [1.82, 2.24) is 4.90 Å². The third-order valence-electron chi connectivity index (χ3n) is 3.09. The summed E-state index contributed by atoms with van der Waals surface area (Å²) in [5, 5.41) is 11.5. The number of carbonyl (C=O) groups is 1. The van der Waals surface area contributed by atoms with Crippen LogP contribution in [0.4, 0.5) is 0 Å². The van der Waals surface area contributed by atoms with Crippen LogP contribution in [0.1, 0.15) is 27.2 Å². The van der Waals surface area contributed by atoms with Crippen molar-refractivity contribution in [3.8, 4) is 0 Å². The predicted molar refractivity (Wildman–Crippen MR) is 65.9 cm³/mol. The van der Waals surface area contributed by atoms with E-state index in [9.17, 15) is 4.79 Å². The van der Waals surface area contributed by atoms with Gasteiger partial charge >= 0.3 is 0 Å². The minimum absolute atomic E-state index is 0.111. The first-order chi connectivity index (χ1) is 7.82. The van der Waals surface area contributed by atoms with Gasteiger partial charge in [-0.15, -0.1) is 0 Å². The first-order valence-electron chi connectivity index (χ1n) is 5.60. The van der Waals surface area contributed by atoms with E-state index >= 15 is 0 Å². The lowest BCUT2D eigenvalue weighted by Gasteiger charge is -2.31. The van der Waals surface area contributed by atoms with Gasteiger partial charge in [0.2, 0.25) is 0 Å². The maximum absolute atomic E-state index is 12.1. The van der Waals surface area contributed by atoms with E-state index < -0.39 is 5.60 Å². The third-order valence-corrected chi connectivity index (χ3v) is 3.09. The molecule has 0 saturated heterocycles. The largest absolute Gasteiger partial charge is 0.409 e. The van der Waals surface area contributed by atoms with Gasteiger partial charge < -0.3 is 20.6 Å². The Kier molecular flexibility index (Phi) is 5.95. The van der Waals surface area contributed by atoms with E-state index in [0.717, 1.165) is 0 Å². The summed E-state index contributed by atoms with van der Waals surface area (Å²) in [7, 11) is 3.19. The lowest BCUT2D eigenvalue weighted by Crippen LogP contribution is -2.48. The molecule has 0 aliphatic heterocycles. The highest BCUT2D eigenvalue weighted by atomic mass is 16.5. The maximum Gasteiger partial charge on any atom is 0.254 e. The lowest BCUT2D eigenvalue weighted by molar-refractivity contribution is -0.152. The summed E-state index contributed by atoms with van der Waals surface area (Å²) in [5.41, 5.74) is 4.65. The molecule has 6 heteroatoms. The highest BCUT2D eigenvalue weighted by Crippen LogP contribution is 2.17. The van der Waals surface area contributed by atoms with Gasteiger partial charge in [-0.3, -0.25) is 4.79 Å². The smallest absolute Gasteiger partial charge is 0.254 e. The fraction of sp³-hybridized carbons (Fsp3) is 0.818. The molecule has 2 unspecified atom stereocenters. The summed E-state index contributed by atoms with van der Waals surface area (Å²) < 4.78 is 5.24. The van der Waals surface area contributed by atoms with Crippen molar-refractivity contribution in [3.05, 3.63) is 0 Å². The molecule has 0 aromatic heterocycles. The summed E-state index contributed by atoms with van der Waals surface area (Å²) in [6, 6.07) is 0. The first kappa shape index (κ1) is 15.7. The van der Waals surface area contributed by atoms with Crippen LogP contribution < -0.4 is 5.73 Å². The monoisotopic (exact) mass is 245 g/mol. The van der Waals surface area contributed by atoms with Crippen molar-refractivity contribution in [2.45, 2.75) is 32.8 Å². The van der Waals surface area contributed by atoms with Gasteiger partial charge in [-0.2, -0.15) is 0 Å². The molecular formula is C11H23N3O3. The molecule has 1 amide bonds. The molecule has 6 nitrogen and oxygen atoms in total. The molecule has 0 bridgehead atoms.